The van der Waals surface area contributed by atoms with Crippen LogP contribution in [0, 0.1) is 16.2 Å². The Morgan fingerprint density at radius 3 is 2.31 bits per heavy atom. The molecule has 1 amide bonds. The smallest absolute Gasteiger partial charge is 0.290 e. The lowest BCUT2D eigenvalue weighted by atomic mass is 10.0. The third kappa shape index (κ3) is 5.66. The van der Waals surface area contributed by atoms with Crippen LogP contribution >= 0.6 is 0 Å². The lowest BCUT2D eigenvalue weighted by Crippen LogP contribution is -2.43. The fourth-order valence-electron chi connectivity index (χ4n) is 3.36. The Balaban J connectivity index is 1.51. The van der Waals surface area contributed by atoms with Crippen LogP contribution in [0.15, 0.2) is 102 Å². The van der Waals surface area contributed by atoms with Gasteiger partial charge in [-0.05, 0) is 18.2 Å². The first-order chi connectivity index (χ1) is 17.0. The molecule has 1 atom stereocenters. The molecule has 3 aromatic carbocycles. The zero-order valence-electron chi connectivity index (χ0n) is 18.6. The summed E-state index contributed by atoms with van der Waals surface area (Å²) in [6.07, 6.45) is 1.19. The van der Waals surface area contributed by atoms with Gasteiger partial charge >= 0.3 is 0 Å². The van der Waals surface area contributed by atoms with Gasteiger partial charge in [-0.15, -0.1) is 0 Å². The molecule has 0 saturated heterocycles. The van der Waals surface area contributed by atoms with E-state index in [1.165, 1.54) is 6.20 Å². The Morgan fingerprint density at radius 1 is 0.943 bits per heavy atom. The third-order valence-electron chi connectivity index (χ3n) is 5.05. The first kappa shape index (κ1) is 23.1. The molecule has 1 aliphatic heterocycles. The van der Waals surface area contributed by atoms with E-state index in [1.54, 1.807) is 6.07 Å². The Hall–Kier alpha value is -5.05. The molecule has 0 radical (unpaired) electrons. The van der Waals surface area contributed by atoms with Gasteiger partial charge in [0.1, 0.15) is 0 Å². The molecule has 174 valence electrons. The highest BCUT2D eigenvalue weighted by atomic mass is 16.5. The van der Waals surface area contributed by atoms with Crippen LogP contribution in [0.1, 0.15) is 11.1 Å². The molecule has 4 rings (SSSR count). The van der Waals surface area contributed by atoms with Crippen molar-refractivity contribution in [3.63, 3.8) is 0 Å². The van der Waals surface area contributed by atoms with Gasteiger partial charge in [0.2, 0.25) is 12.1 Å². The molecule has 0 aromatic heterocycles. The van der Waals surface area contributed by atoms with Gasteiger partial charge in [0.25, 0.3) is 11.9 Å². The number of ether oxygens (including phenoxy) is 1. The number of hydrogen-bond donors (Lipinski definition) is 6. The van der Waals surface area contributed by atoms with Crippen molar-refractivity contribution in [3.05, 3.63) is 108 Å². The summed E-state index contributed by atoms with van der Waals surface area (Å²) in [6, 6.07) is 25.4. The SMILES string of the molecule is N=C/C(=C\Nc1ccccc1)C(=N)OC(=N)N[C@H]1N=C(c2ccccc2)c2ccccc2NC1=O. The van der Waals surface area contributed by atoms with Crippen molar-refractivity contribution >= 4 is 41.1 Å². The van der Waals surface area contributed by atoms with Crippen LogP contribution in [0.4, 0.5) is 11.4 Å². The molecule has 0 saturated carbocycles. The van der Waals surface area contributed by atoms with Crippen molar-refractivity contribution < 1.29 is 9.53 Å². The zero-order valence-corrected chi connectivity index (χ0v) is 18.6. The molecule has 9 heteroatoms. The molecular formula is C26H23N7O2. The average molecular weight is 466 g/mol. The van der Waals surface area contributed by atoms with E-state index >= 15 is 0 Å². The predicted octanol–water partition coefficient (Wildman–Crippen LogP) is 3.97. The number of para-hydroxylation sites is 2. The maximum absolute atomic E-state index is 12.9. The van der Waals surface area contributed by atoms with Gasteiger partial charge < -0.3 is 26.1 Å². The van der Waals surface area contributed by atoms with E-state index in [0.717, 1.165) is 23.0 Å². The second-order valence-corrected chi connectivity index (χ2v) is 7.44. The lowest BCUT2D eigenvalue weighted by Gasteiger charge is -2.15. The highest BCUT2D eigenvalue weighted by Crippen LogP contribution is 2.23. The number of amidine groups is 1. The Morgan fingerprint density at radius 2 is 1.60 bits per heavy atom. The molecule has 0 unspecified atom stereocenters. The van der Waals surface area contributed by atoms with Crippen molar-refractivity contribution in [2.75, 3.05) is 10.6 Å². The largest absolute Gasteiger partial charge is 0.407 e. The number of carbonyl (C=O) groups excluding carboxylic acids is 1. The summed E-state index contributed by atoms with van der Waals surface area (Å²) < 4.78 is 5.25. The summed E-state index contributed by atoms with van der Waals surface area (Å²) in [4.78, 5) is 17.5. The fraction of sp³-hybridized carbons (Fsp3) is 0.0385. The number of nitrogens with one attached hydrogen (secondary N) is 6. The van der Waals surface area contributed by atoms with Crippen LogP contribution < -0.4 is 16.0 Å². The maximum Gasteiger partial charge on any atom is 0.290 e. The van der Waals surface area contributed by atoms with Crippen LogP contribution in [0.2, 0.25) is 0 Å². The molecule has 35 heavy (non-hydrogen) atoms. The molecule has 0 bridgehead atoms. The number of nitrogens with zero attached hydrogens (tertiary/aromatic N) is 1. The summed E-state index contributed by atoms with van der Waals surface area (Å²) >= 11 is 0. The normalized spacial score (nSPS) is 15.0. The summed E-state index contributed by atoms with van der Waals surface area (Å²) in [6.45, 7) is 0. The molecule has 6 N–H and O–H groups in total. The molecule has 0 spiro atoms. The Bertz CT molecular complexity index is 1320. The highest BCUT2D eigenvalue weighted by molar-refractivity contribution is 6.20. The van der Waals surface area contributed by atoms with Crippen molar-refractivity contribution in [2.24, 2.45) is 4.99 Å². The number of benzene rings is 3. The Labute approximate surface area is 202 Å². The van der Waals surface area contributed by atoms with Gasteiger partial charge in [0, 0.05) is 29.2 Å². The monoisotopic (exact) mass is 465 g/mol. The molecule has 1 heterocycles. The summed E-state index contributed by atoms with van der Waals surface area (Å²) in [5.74, 6) is -0.915. The van der Waals surface area contributed by atoms with Crippen LogP contribution in [0.25, 0.3) is 0 Å². The van der Waals surface area contributed by atoms with Crippen LogP contribution in [-0.2, 0) is 9.53 Å². The first-order valence-corrected chi connectivity index (χ1v) is 10.7. The van der Waals surface area contributed by atoms with E-state index in [0.29, 0.717) is 11.4 Å². The van der Waals surface area contributed by atoms with Crippen LogP contribution in [-0.4, -0.2) is 35.9 Å². The maximum atomic E-state index is 12.9. The number of carbonyl (C=O) groups is 1. The predicted molar refractivity (Wildman–Crippen MR) is 138 cm³/mol. The molecule has 0 fully saturated rings. The van der Waals surface area contributed by atoms with E-state index in [9.17, 15) is 4.79 Å². The minimum absolute atomic E-state index is 0.103. The second-order valence-electron chi connectivity index (χ2n) is 7.44. The number of anilines is 2. The van der Waals surface area contributed by atoms with Gasteiger partial charge in [-0.2, -0.15) is 0 Å². The second kappa shape index (κ2) is 10.7. The third-order valence-corrected chi connectivity index (χ3v) is 5.05. The minimum Gasteiger partial charge on any atom is -0.407 e. The summed E-state index contributed by atoms with van der Waals surface area (Å²) in [5, 5.41) is 32.3. The average Bonchev–Trinajstić information content (AvgIpc) is 3.01. The van der Waals surface area contributed by atoms with E-state index in [1.807, 2.05) is 78.9 Å². The number of amides is 1. The molecule has 3 aromatic rings. The van der Waals surface area contributed by atoms with Gasteiger partial charge in [-0.1, -0.05) is 66.7 Å². The van der Waals surface area contributed by atoms with Crippen LogP contribution in [0.5, 0.6) is 0 Å². The summed E-state index contributed by atoms with van der Waals surface area (Å²) in [5.41, 5.74) is 3.61. The van der Waals surface area contributed by atoms with Gasteiger partial charge in [0.15, 0.2) is 0 Å². The number of benzodiazepines with no additional fused rings is 1. The lowest BCUT2D eigenvalue weighted by molar-refractivity contribution is -0.117. The van der Waals surface area contributed by atoms with E-state index in [2.05, 4.69) is 20.9 Å². The zero-order chi connectivity index (χ0) is 24.6. The van der Waals surface area contributed by atoms with Crippen molar-refractivity contribution in [1.82, 2.24) is 5.32 Å². The topological polar surface area (TPSA) is 146 Å². The number of aliphatic imine (C=N–C) groups is 1. The molecule has 1 aliphatic rings. The molecular weight excluding hydrogens is 442 g/mol. The van der Waals surface area contributed by atoms with E-state index in [-0.39, 0.29) is 5.57 Å². The van der Waals surface area contributed by atoms with Crippen molar-refractivity contribution in [2.45, 2.75) is 6.17 Å². The van der Waals surface area contributed by atoms with E-state index < -0.39 is 24.0 Å². The van der Waals surface area contributed by atoms with Crippen molar-refractivity contribution in [1.29, 1.82) is 16.2 Å². The quantitative estimate of drug-likeness (QED) is 0.242. The first-order valence-electron chi connectivity index (χ1n) is 10.7. The van der Waals surface area contributed by atoms with Gasteiger partial charge in [0.05, 0.1) is 17.0 Å². The van der Waals surface area contributed by atoms with Crippen molar-refractivity contribution in [3.8, 4) is 0 Å². The molecule has 0 aliphatic carbocycles. The fourth-order valence-corrected chi connectivity index (χ4v) is 3.36. The summed E-state index contributed by atoms with van der Waals surface area (Å²) in [7, 11) is 0. The van der Waals surface area contributed by atoms with Gasteiger partial charge in [-0.25, -0.2) is 4.99 Å². The standard InChI is InChI=1S/C26H23N7O2/c27-15-18(16-30-19-11-5-2-6-12-19)23(28)35-26(29)33-24-25(34)31-21-14-8-7-13-20(21)22(32-24)17-9-3-1-4-10-17/h1-16,24,27-28,30H,(H2,29,33)(H,31,34)/b18-16+,27-15?,28-23?/t24-/m1/s1. The minimum atomic E-state index is -1.17. The van der Waals surface area contributed by atoms with Crippen LogP contribution in [0.3, 0.4) is 0 Å². The number of fused-ring (bicyclic) bond motifs is 1. The van der Waals surface area contributed by atoms with Gasteiger partial charge in [-0.3, -0.25) is 15.6 Å². The van der Waals surface area contributed by atoms with E-state index in [4.69, 9.17) is 21.0 Å². The highest BCUT2D eigenvalue weighted by Gasteiger charge is 2.27. The Kier molecular flexibility index (Phi) is 7.08. The number of hydrogen-bond acceptors (Lipinski definition) is 7. The molecule has 9 nitrogen and oxygen atoms in total. The number of rotatable bonds is 6.